The van der Waals surface area contributed by atoms with Crippen molar-refractivity contribution >= 4 is 16.7 Å². The molecule has 3 aromatic carbocycles. The van der Waals surface area contributed by atoms with Crippen molar-refractivity contribution in [3.05, 3.63) is 64.7 Å². The molecule has 0 aliphatic rings. The van der Waals surface area contributed by atoms with Gasteiger partial charge in [-0.1, -0.05) is 30.3 Å². The third-order valence-electron chi connectivity index (χ3n) is 5.13. The largest absolute Gasteiger partial charge is 0.495 e. The Morgan fingerprint density at radius 1 is 0.862 bits per heavy atom. The van der Waals surface area contributed by atoms with Crippen molar-refractivity contribution in [3.8, 4) is 17.2 Å². The molecule has 0 amide bonds. The number of rotatable bonds is 8. The van der Waals surface area contributed by atoms with E-state index in [0.717, 1.165) is 16.7 Å². The average molecular weight is 394 g/mol. The van der Waals surface area contributed by atoms with Crippen LogP contribution >= 0.6 is 0 Å². The van der Waals surface area contributed by atoms with Crippen molar-refractivity contribution in [2.45, 2.75) is 27.2 Å². The van der Waals surface area contributed by atoms with Gasteiger partial charge in [0.1, 0.15) is 22.8 Å². The molecule has 0 heterocycles. The van der Waals surface area contributed by atoms with E-state index in [-0.39, 0.29) is 5.56 Å². The highest BCUT2D eigenvalue weighted by Gasteiger charge is 2.23. The molecule has 5 heteroatoms. The monoisotopic (exact) mass is 394 g/mol. The fraction of sp³-hybridized carbons (Fsp3) is 0.292. The van der Waals surface area contributed by atoms with Crippen LogP contribution in [0.15, 0.2) is 42.5 Å². The number of carboxylic acids is 1. The third kappa shape index (κ3) is 4.29. The fourth-order valence-corrected chi connectivity index (χ4v) is 3.51. The first-order valence-corrected chi connectivity index (χ1v) is 9.59. The number of carbonyl (C=O) groups is 1. The van der Waals surface area contributed by atoms with Crippen LogP contribution < -0.4 is 14.2 Å². The van der Waals surface area contributed by atoms with E-state index < -0.39 is 5.97 Å². The molecule has 0 aliphatic carbocycles. The summed E-state index contributed by atoms with van der Waals surface area (Å²) in [5.74, 6) is 0.860. The Bertz CT molecular complexity index is 1040. The van der Waals surface area contributed by atoms with Crippen LogP contribution in [0.4, 0.5) is 0 Å². The lowest BCUT2D eigenvalue weighted by Crippen LogP contribution is -2.11. The molecule has 0 unspecified atom stereocenters. The van der Waals surface area contributed by atoms with E-state index in [2.05, 4.69) is 12.1 Å². The molecule has 0 saturated heterocycles. The zero-order chi connectivity index (χ0) is 21.0. The Kier molecular flexibility index (Phi) is 6.27. The Morgan fingerprint density at radius 3 is 2.24 bits per heavy atom. The molecule has 0 atom stereocenters. The van der Waals surface area contributed by atoms with Crippen LogP contribution in [0.1, 0.15) is 33.5 Å². The van der Waals surface area contributed by atoms with E-state index in [9.17, 15) is 9.90 Å². The molecule has 1 N–H and O–H groups in total. The number of carboxylic acid groups (broad SMARTS) is 1. The topological polar surface area (TPSA) is 65.0 Å². The first kappa shape index (κ1) is 20.5. The molecule has 3 aromatic rings. The SMILES string of the molecule is COc1c(C)c(OCCCOc2ccc3ccccc3c2)c(C)c(C)c1C(=O)O. The van der Waals surface area contributed by atoms with Gasteiger partial charge in [-0.05, 0) is 54.8 Å². The number of aromatic carboxylic acids is 1. The van der Waals surface area contributed by atoms with Gasteiger partial charge in [-0.15, -0.1) is 0 Å². The second kappa shape index (κ2) is 8.86. The third-order valence-corrected chi connectivity index (χ3v) is 5.13. The normalized spacial score (nSPS) is 10.8. The highest BCUT2D eigenvalue weighted by atomic mass is 16.5. The molecule has 0 spiro atoms. The van der Waals surface area contributed by atoms with Crippen LogP contribution in [-0.4, -0.2) is 31.4 Å². The Balaban J connectivity index is 1.62. The molecular formula is C24H26O5. The summed E-state index contributed by atoms with van der Waals surface area (Å²) >= 11 is 0. The summed E-state index contributed by atoms with van der Waals surface area (Å²) in [6, 6.07) is 14.2. The minimum atomic E-state index is -0.999. The number of hydrogen-bond acceptors (Lipinski definition) is 4. The number of benzene rings is 3. The van der Waals surface area contributed by atoms with Gasteiger partial charge in [-0.2, -0.15) is 0 Å². The van der Waals surface area contributed by atoms with Gasteiger partial charge >= 0.3 is 5.97 Å². The fourth-order valence-electron chi connectivity index (χ4n) is 3.51. The average Bonchev–Trinajstić information content (AvgIpc) is 2.72. The van der Waals surface area contributed by atoms with Gasteiger partial charge in [0.05, 0.1) is 20.3 Å². The van der Waals surface area contributed by atoms with E-state index in [4.69, 9.17) is 14.2 Å². The highest BCUT2D eigenvalue weighted by Crippen LogP contribution is 2.38. The Morgan fingerprint density at radius 2 is 1.55 bits per heavy atom. The molecule has 0 fully saturated rings. The lowest BCUT2D eigenvalue weighted by atomic mass is 9.97. The van der Waals surface area contributed by atoms with Crippen LogP contribution in [0.3, 0.4) is 0 Å². The molecule has 0 bridgehead atoms. The van der Waals surface area contributed by atoms with Crippen molar-refractivity contribution in [2.75, 3.05) is 20.3 Å². The van der Waals surface area contributed by atoms with Gasteiger partial charge in [-0.25, -0.2) is 4.79 Å². The summed E-state index contributed by atoms with van der Waals surface area (Å²) < 4.78 is 17.2. The van der Waals surface area contributed by atoms with Crippen LogP contribution in [0.2, 0.25) is 0 Å². The Labute approximate surface area is 170 Å². The minimum absolute atomic E-state index is 0.189. The minimum Gasteiger partial charge on any atom is -0.495 e. The summed E-state index contributed by atoms with van der Waals surface area (Å²) in [5, 5.41) is 11.8. The van der Waals surface area contributed by atoms with Crippen molar-refractivity contribution < 1.29 is 24.1 Å². The van der Waals surface area contributed by atoms with Crippen molar-refractivity contribution in [2.24, 2.45) is 0 Å². The molecule has 3 rings (SSSR count). The van der Waals surface area contributed by atoms with Crippen LogP contribution in [0.5, 0.6) is 17.2 Å². The number of hydrogen-bond donors (Lipinski definition) is 1. The Hall–Kier alpha value is -3.21. The maximum atomic E-state index is 11.6. The molecule has 0 saturated carbocycles. The summed E-state index contributed by atoms with van der Waals surface area (Å²) in [6.45, 7) is 6.45. The van der Waals surface area contributed by atoms with Crippen LogP contribution in [-0.2, 0) is 0 Å². The van der Waals surface area contributed by atoms with Crippen molar-refractivity contribution in [1.29, 1.82) is 0 Å². The van der Waals surface area contributed by atoms with Gasteiger partial charge in [0.2, 0.25) is 0 Å². The first-order valence-electron chi connectivity index (χ1n) is 9.59. The van der Waals surface area contributed by atoms with E-state index in [1.807, 2.05) is 44.2 Å². The molecule has 0 radical (unpaired) electrons. The predicted octanol–water partition coefficient (Wildman–Crippen LogP) is 5.32. The van der Waals surface area contributed by atoms with Gasteiger partial charge < -0.3 is 19.3 Å². The molecule has 152 valence electrons. The first-order chi connectivity index (χ1) is 13.9. The van der Waals surface area contributed by atoms with E-state index in [1.54, 1.807) is 6.92 Å². The quantitative estimate of drug-likeness (QED) is 0.524. The van der Waals surface area contributed by atoms with E-state index in [1.165, 1.54) is 12.5 Å². The van der Waals surface area contributed by atoms with E-state index in [0.29, 0.717) is 42.3 Å². The van der Waals surface area contributed by atoms with Gasteiger partial charge in [0.15, 0.2) is 0 Å². The lowest BCUT2D eigenvalue weighted by molar-refractivity contribution is 0.0692. The number of ether oxygens (including phenoxy) is 3. The number of fused-ring (bicyclic) bond motifs is 1. The molecule has 0 aliphatic heterocycles. The standard InChI is InChI=1S/C24H26O5/c1-15-16(2)22(17(3)23(27-4)21(15)24(25)26)29-13-7-12-28-20-11-10-18-8-5-6-9-19(18)14-20/h5-6,8-11,14H,7,12-13H2,1-4H3,(H,25,26). The van der Waals surface area contributed by atoms with Crippen LogP contribution in [0.25, 0.3) is 10.8 Å². The van der Waals surface area contributed by atoms with Crippen molar-refractivity contribution in [3.63, 3.8) is 0 Å². The summed E-state index contributed by atoms with van der Waals surface area (Å²) in [6.07, 6.45) is 0.702. The summed E-state index contributed by atoms with van der Waals surface area (Å²) in [4.78, 5) is 11.6. The maximum absolute atomic E-state index is 11.6. The smallest absolute Gasteiger partial charge is 0.339 e. The van der Waals surface area contributed by atoms with E-state index >= 15 is 0 Å². The highest BCUT2D eigenvalue weighted by molar-refractivity contribution is 5.94. The van der Waals surface area contributed by atoms with Gasteiger partial charge in [0.25, 0.3) is 0 Å². The second-order valence-corrected chi connectivity index (χ2v) is 6.98. The summed E-state index contributed by atoms with van der Waals surface area (Å²) in [7, 11) is 1.48. The summed E-state index contributed by atoms with van der Waals surface area (Å²) in [5.41, 5.74) is 2.36. The molecule has 5 nitrogen and oxygen atoms in total. The molecule has 0 aromatic heterocycles. The molecule has 29 heavy (non-hydrogen) atoms. The molecular weight excluding hydrogens is 368 g/mol. The van der Waals surface area contributed by atoms with Crippen molar-refractivity contribution in [1.82, 2.24) is 0 Å². The van der Waals surface area contributed by atoms with Gasteiger partial charge in [-0.3, -0.25) is 0 Å². The zero-order valence-electron chi connectivity index (χ0n) is 17.2. The predicted molar refractivity (Wildman–Crippen MR) is 114 cm³/mol. The second-order valence-electron chi connectivity index (χ2n) is 6.98. The van der Waals surface area contributed by atoms with Gasteiger partial charge in [0, 0.05) is 12.0 Å². The number of methoxy groups -OCH3 is 1. The van der Waals surface area contributed by atoms with Crippen LogP contribution in [0, 0.1) is 20.8 Å². The zero-order valence-corrected chi connectivity index (χ0v) is 17.2. The maximum Gasteiger partial charge on any atom is 0.339 e. The lowest BCUT2D eigenvalue weighted by Gasteiger charge is -2.19.